The molecule has 1 aromatic rings. The Labute approximate surface area is 110 Å². The van der Waals surface area contributed by atoms with Gasteiger partial charge in [0.1, 0.15) is 5.69 Å². The van der Waals surface area contributed by atoms with Gasteiger partial charge in [-0.3, -0.25) is 9.78 Å². The number of carbonyl (C=O) groups is 1. The average Bonchev–Trinajstić information content (AvgIpc) is 2.29. The standard InChI is InChI=1S/C11H9Br2NO2/c12-8-4-9(13)10(14-5-8)11(15)7-2-1-3-16-6-7/h4-6H,1-3H2. The highest BCUT2D eigenvalue weighted by molar-refractivity contribution is 9.11. The number of nitrogens with zero attached hydrogens (tertiary/aromatic N) is 1. The van der Waals surface area contributed by atoms with Crippen LogP contribution < -0.4 is 0 Å². The molecule has 1 aliphatic rings. The third-order valence-corrected chi connectivity index (χ3v) is 3.29. The molecule has 0 amide bonds. The molecule has 5 heteroatoms. The third-order valence-electron chi connectivity index (χ3n) is 2.25. The molecule has 0 aliphatic carbocycles. The van der Waals surface area contributed by atoms with E-state index in [2.05, 4.69) is 36.8 Å². The summed E-state index contributed by atoms with van der Waals surface area (Å²) in [6.45, 7) is 0.686. The van der Waals surface area contributed by atoms with Crippen molar-refractivity contribution in [3.05, 3.63) is 38.7 Å². The molecule has 3 nitrogen and oxygen atoms in total. The number of halogens is 2. The fourth-order valence-electron chi connectivity index (χ4n) is 1.47. The van der Waals surface area contributed by atoms with E-state index in [1.165, 1.54) is 0 Å². The lowest BCUT2D eigenvalue weighted by Gasteiger charge is -2.12. The average molecular weight is 347 g/mol. The molecule has 0 fully saturated rings. The Balaban J connectivity index is 2.30. The number of rotatable bonds is 2. The molecule has 2 rings (SSSR count). The van der Waals surface area contributed by atoms with E-state index >= 15 is 0 Å². The Kier molecular flexibility index (Phi) is 3.76. The van der Waals surface area contributed by atoms with Crippen molar-refractivity contribution in [2.45, 2.75) is 12.8 Å². The fourth-order valence-corrected chi connectivity index (χ4v) is 2.63. The number of ether oxygens (including phenoxy) is 1. The van der Waals surface area contributed by atoms with Gasteiger partial charge in [-0.25, -0.2) is 0 Å². The van der Waals surface area contributed by atoms with E-state index in [0.29, 0.717) is 22.3 Å². The van der Waals surface area contributed by atoms with Crippen LogP contribution in [0.4, 0.5) is 0 Å². The Hall–Kier alpha value is -0.680. The quantitative estimate of drug-likeness (QED) is 0.769. The van der Waals surface area contributed by atoms with Crippen LogP contribution >= 0.6 is 31.9 Å². The van der Waals surface area contributed by atoms with Crippen LogP contribution in [0.2, 0.25) is 0 Å². The first kappa shape index (κ1) is 11.8. The van der Waals surface area contributed by atoms with Gasteiger partial charge in [0.2, 0.25) is 5.78 Å². The Morgan fingerprint density at radius 2 is 2.25 bits per heavy atom. The first-order valence-electron chi connectivity index (χ1n) is 4.85. The maximum atomic E-state index is 12.1. The van der Waals surface area contributed by atoms with Crippen molar-refractivity contribution in [2.24, 2.45) is 0 Å². The lowest BCUT2D eigenvalue weighted by molar-refractivity contribution is 0.100. The number of Topliss-reactive ketones (excluding diaryl/α,β-unsaturated/α-hetero) is 1. The van der Waals surface area contributed by atoms with Crippen LogP contribution in [0, 0.1) is 0 Å². The monoisotopic (exact) mass is 345 g/mol. The van der Waals surface area contributed by atoms with E-state index in [1.54, 1.807) is 12.5 Å². The summed E-state index contributed by atoms with van der Waals surface area (Å²) in [5.41, 5.74) is 1.11. The molecule has 0 aromatic carbocycles. The van der Waals surface area contributed by atoms with Crippen molar-refractivity contribution in [3.8, 4) is 0 Å². The first-order chi connectivity index (χ1) is 7.68. The zero-order valence-electron chi connectivity index (χ0n) is 8.37. The second-order valence-corrected chi connectivity index (χ2v) is 5.20. The first-order valence-corrected chi connectivity index (χ1v) is 6.43. The van der Waals surface area contributed by atoms with Crippen LogP contribution in [0.15, 0.2) is 33.0 Å². The molecule has 84 valence electrons. The summed E-state index contributed by atoms with van der Waals surface area (Å²) in [6, 6.07) is 1.81. The lowest BCUT2D eigenvalue weighted by atomic mass is 10.0. The molecular weight excluding hydrogens is 338 g/mol. The number of ketones is 1. The minimum atomic E-state index is -0.0703. The molecular formula is C11H9Br2NO2. The van der Waals surface area contributed by atoms with Crippen molar-refractivity contribution in [2.75, 3.05) is 6.61 Å². The van der Waals surface area contributed by atoms with Crippen molar-refractivity contribution < 1.29 is 9.53 Å². The van der Waals surface area contributed by atoms with Crippen LogP contribution in [0.25, 0.3) is 0 Å². The second kappa shape index (κ2) is 5.10. The largest absolute Gasteiger partial charge is 0.501 e. The second-order valence-electron chi connectivity index (χ2n) is 3.43. The minimum Gasteiger partial charge on any atom is -0.501 e. The molecule has 16 heavy (non-hydrogen) atoms. The van der Waals surface area contributed by atoms with Crippen molar-refractivity contribution in [1.29, 1.82) is 0 Å². The Bertz CT molecular complexity index is 457. The molecule has 0 unspecified atom stereocenters. The van der Waals surface area contributed by atoms with Gasteiger partial charge in [-0.1, -0.05) is 0 Å². The molecule has 1 aliphatic heterocycles. The molecule has 0 spiro atoms. The van der Waals surface area contributed by atoms with Gasteiger partial charge in [-0.2, -0.15) is 0 Å². The molecule has 0 atom stereocenters. The van der Waals surface area contributed by atoms with Gasteiger partial charge in [0, 0.05) is 20.7 Å². The lowest BCUT2D eigenvalue weighted by Crippen LogP contribution is -2.11. The number of hydrogen-bond acceptors (Lipinski definition) is 3. The highest BCUT2D eigenvalue weighted by Gasteiger charge is 2.19. The van der Waals surface area contributed by atoms with Gasteiger partial charge in [0.15, 0.2) is 0 Å². The van der Waals surface area contributed by atoms with E-state index in [1.807, 2.05) is 6.07 Å². The summed E-state index contributed by atoms with van der Waals surface area (Å²) in [7, 11) is 0. The van der Waals surface area contributed by atoms with Crippen LogP contribution in [0.3, 0.4) is 0 Å². The normalized spacial score (nSPS) is 15.2. The summed E-state index contributed by atoms with van der Waals surface area (Å²) < 4.78 is 6.68. The number of allylic oxidation sites excluding steroid dienone is 1. The van der Waals surface area contributed by atoms with E-state index in [0.717, 1.165) is 17.3 Å². The molecule has 0 saturated carbocycles. The fraction of sp³-hybridized carbons (Fsp3) is 0.273. The van der Waals surface area contributed by atoms with Crippen LogP contribution in [-0.4, -0.2) is 17.4 Å². The third kappa shape index (κ3) is 2.52. The molecule has 0 bridgehead atoms. The number of carbonyl (C=O) groups excluding carboxylic acids is 1. The summed E-state index contributed by atoms with van der Waals surface area (Å²) in [5, 5.41) is 0. The zero-order chi connectivity index (χ0) is 11.5. The molecule has 0 N–H and O–H groups in total. The van der Waals surface area contributed by atoms with Gasteiger partial charge in [-0.15, -0.1) is 0 Å². The Morgan fingerprint density at radius 3 is 2.88 bits per heavy atom. The van der Waals surface area contributed by atoms with E-state index in [-0.39, 0.29) is 5.78 Å². The Morgan fingerprint density at radius 1 is 1.44 bits per heavy atom. The summed E-state index contributed by atoms with van der Waals surface area (Å²) >= 11 is 6.63. The maximum absolute atomic E-state index is 12.1. The minimum absolute atomic E-state index is 0.0703. The van der Waals surface area contributed by atoms with E-state index in [4.69, 9.17) is 4.74 Å². The molecule has 0 saturated heterocycles. The molecule has 1 aromatic heterocycles. The molecule has 2 heterocycles. The van der Waals surface area contributed by atoms with Crippen molar-refractivity contribution in [3.63, 3.8) is 0 Å². The molecule has 0 radical (unpaired) electrons. The van der Waals surface area contributed by atoms with Crippen LogP contribution in [0.1, 0.15) is 23.3 Å². The summed E-state index contributed by atoms with van der Waals surface area (Å²) in [4.78, 5) is 16.2. The van der Waals surface area contributed by atoms with Crippen molar-refractivity contribution in [1.82, 2.24) is 4.98 Å². The highest BCUT2D eigenvalue weighted by Crippen LogP contribution is 2.24. The predicted octanol–water partition coefficient (Wildman–Crippen LogP) is 3.48. The number of pyridine rings is 1. The summed E-state index contributed by atoms with van der Waals surface area (Å²) in [6.07, 6.45) is 4.79. The maximum Gasteiger partial charge on any atom is 0.211 e. The van der Waals surface area contributed by atoms with Gasteiger partial charge in [-0.05, 0) is 50.8 Å². The van der Waals surface area contributed by atoms with Gasteiger partial charge in [0.25, 0.3) is 0 Å². The zero-order valence-corrected chi connectivity index (χ0v) is 11.5. The highest BCUT2D eigenvalue weighted by atomic mass is 79.9. The topological polar surface area (TPSA) is 39.2 Å². The van der Waals surface area contributed by atoms with E-state index < -0.39 is 0 Å². The number of aromatic nitrogens is 1. The predicted molar refractivity (Wildman–Crippen MR) is 67.2 cm³/mol. The van der Waals surface area contributed by atoms with Crippen molar-refractivity contribution >= 4 is 37.6 Å². The van der Waals surface area contributed by atoms with E-state index in [9.17, 15) is 4.79 Å². The summed E-state index contributed by atoms with van der Waals surface area (Å²) in [5.74, 6) is -0.0703. The SMILES string of the molecule is O=C(C1=COCCC1)c1ncc(Br)cc1Br. The number of hydrogen-bond donors (Lipinski definition) is 0. The smallest absolute Gasteiger partial charge is 0.211 e. The van der Waals surface area contributed by atoms with Gasteiger partial charge < -0.3 is 4.74 Å². The van der Waals surface area contributed by atoms with Gasteiger partial charge >= 0.3 is 0 Å². The van der Waals surface area contributed by atoms with Crippen LogP contribution in [-0.2, 0) is 4.74 Å². The van der Waals surface area contributed by atoms with Gasteiger partial charge in [0.05, 0.1) is 12.9 Å². The van der Waals surface area contributed by atoms with Crippen LogP contribution in [0.5, 0.6) is 0 Å².